The van der Waals surface area contributed by atoms with Crippen LogP contribution in [0.2, 0.25) is 0 Å². The first-order valence-corrected chi connectivity index (χ1v) is 6.67. The number of carbonyl (C=O) groups is 1. The van der Waals surface area contributed by atoms with Crippen LogP contribution in [0.15, 0.2) is 23.3 Å². The van der Waals surface area contributed by atoms with Crippen LogP contribution in [0.1, 0.15) is 19.5 Å². The van der Waals surface area contributed by atoms with E-state index in [1.807, 2.05) is 44.1 Å². The molecule has 1 aromatic heterocycles. The molecule has 1 aromatic rings. The van der Waals surface area contributed by atoms with Crippen molar-refractivity contribution in [3.8, 4) is 0 Å². The molecule has 0 radical (unpaired) electrons. The molecular formula is C14H25N5O. The number of aliphatic imine (C=N–C) groups is 1. The maximum atomic E-state index is 11.8. The minimum Gasteiger partial charge on any atom is -0.364 e. The molecule has 1 rings (SSSR count). The Balaban J connectivity index is 2.57. The second-order valence-corrected chi connectivity index (χ2v) is 5.42. The number of hydrogen-bond acceptors (Lipinski definition) is 2. The molecule has 0 spiro atoms. The van der Waals surface area contributed by atoms with Gasteiger partial charge in [0.1, 0.15) is 0 Å². The van der Waals surface area contributed by atoms with Gasteiger partial charge >= 0.3 is 0 Å². The highest BCUT2D eigenvalue weighted by Gasteiger charge is 2.27. The van der Waals surface area contributed by atoms with Crippen LogP contribution in [0, 0.1) is 5.41 Å². The van der Waals surface area contributed by atoms with Crippen molar-refractivity contribution in [1.29, 1.82) is 0 Å². The fourth-order valence-corrected chi connectivity index (χ4v) is 1.90. The Bertz CT molecular complexity index is 450. The molecule has 6 nitrogen and oxygen atoms in total. The number of hydrogen-bond donors (Lipinski definition) is 3. The van der Waals surface area contributed by atoms with Crippen molar-refractivity contribution < 1.29 is 4.79 Å². The summed E-state index contributed by atoms with van der Waals surface area (Å²) in [4.78, 5) is 21.2. The van der Waals surface area contributed by atoms with Crippen LogP contribution in [0.4, 0.5) is 0 Å². The summed E-state index contributed by atoms with van der Waals surface area (Å²) in [5, 5.41) is 5.91. The molecular weight excluding hydrogens is 254 g/mol. The third kappa shape index (κ3) is 4.29. The quantitative estimate of drug-likeness (QED) is 0.551. The number of nitrogens with one attached hydrogen (secondary N) is 3. The summed E-state index contributed by atoms with van der Waals surface area (Å²) in [6.07, 6.45) is 1.90. The van der Waals surface area contributed by atoms with E-state index in [2.05, 4.69) is 20.6 Å². The Morgan fingerprint density at radius 2 is 2.20 bits per heavy atom. The lowest BCUT2D eigenvalue weighted by molar-refractivity contribution is -0.128. The Labute approximate surface area is 120 Å². The number of amides is 1. The summed E-state index contributed by atoms with van der Waals surface area (Å²) in [7, 11) is 5.35. The van der Waals surface area contributed by atoms with Gasteiger partial charge in [-0.1, -0.05) is 0 Å². The van der Waals surface area contributed by atoms with E-state index in [1.165, 1.54) is 0 Å². The smallest absolute Gasteiger partial charge is 0.227 e. The molecule has 0 bridgehead atoms. The van der Waals surface area contributed by atoms with E-state index in [0.717, 1.165) is 18.2 Å². The van der Waals surface area contributed by atoms with E-state index < -0.39 is 5.41 Å². The van der Waals surface area contributed by atoms with Gasteiger partial charge in [0.2, 0.25) is 5.91 Å². The van der Waals surface area contributed by atoms with Gasteiger partial charge in [-0.05, 0) is 26.0 Å². The van der Waals surface area contributed by atoms with E-state index in [0.29, 0.717) is 6.54 Å². The van der Waals surface area contributed by atoms with Gasteiger partial charge in [0.05, 0.1) is 12.0 Å². The Kier molecular flexibility index (Phi) is 5.61. The van der Waals surface area contributed by atoms with E-state index in [9.17, 15) is 4.79 Å². The number of carbonyl (C=O) groups excluding carboxylic acids is 1. The Morgan fingerprint density at radius 1 is 1.50 bits per heavy atom. The van der Waals surface area contributed by atoms with Crippen molar-refractivity contribution in [2.45, 2.75) is 20.4 Å². The molecule has 20 heavy (non-hydrogen) atoms. The van der Waals surface area contributed by atoms with E-state index in [1.54, 1.807) is 14.1 Å². The number of aromatic nitrogens is 1. The number of nitrogens with zero attached hydrogens (tertiary/aromatic N) is 2. The molecule has 0 unspecified atom stereocenters. The lowest BCUT2D eigenvalue weighted by atomic mass is 9.92. The van der Waals surface area contributed by atoms with Gasteiger partial charge in [0, 0.05) is 39.6 Å². The predicted molar refractivity (Wildman–Crippen MR) is 81.5 cm³/mol. The van der Waals surface area contributed by atoms with Gasteiger partial charge < -0.3 is 20.5 Å². The summed E-state index contributed by atoms with van der Waals surface area (Å²) in [5.74, 6) is 0.768. The molecule has 0 saturated heterocycles. The molecule has 0 aliphatic rings. The predicted octanol–water partition coefficient (Wildman–Crippen LogP) is 0.794. The zero-order valence-corrected chi connectivity index (χ0v) is 12.9. The second kappa shape index (κ2) is 6.98. The first-order chi connectivity index (χ1) is 9.40. The molecule has 0 aromatic carbocycles. The molecule has 1 heterocycles. The molecule has 0 atom stereocenters. The largest absolute Gasteiger partial charge is 0.364 e. The fraction of sp³-hybridized carbons (Fsp3) is 0.571. The first kappa shape index (κ1) is 16.1. The van der Waals surface area contributed by atoms with Gasteiger partial charge in [-0.15, -0.1) is 0 Å². The standard InChI is InChI=1S/C14H25N5O/c1-14(2,12(20)15-3)10-18-13(16-4)19(5)9-11-7-6-8-17-11/h6-8,17H,9-10H2,1-5H3,(H,15,20)(H,16,18). The molecule has 112 valence electrons. The molecule has 0 aliphatic carbocycles. The van der Waals surface area contributed by atoms with Crippen LogP contribution in [0.5, 0.6) is 0 Å². The van der Waals surface area contributed by atoms with Crippen molar-refractivity contribution in [1.82, 2.24) is 20.5 Å². The third-order valence-corrected chi connectivity index (χ3v) is 3.17. The second-order valence-electron chi connectivity index (χ2n) is 5.42. The highest BCUT2D eigenvalue weighted by Crippen LogP contribution is 2.13. The van der Waals surface area contributed by atoms with Crippen LogP contribution in [-0.2, 0) is 11.3 Å². The normalized spacial score (nSPS) is 12.2. The molecule has 3 N–H and O–H groups in total. The van der Waals surface area contributed by atoms with Crippen LogP contribution in [-0.4, -0.2) is 49.4 Å². The zero-order valence-electron chi connectivity index (χ0n) is 12.9. The van der Waals surface area contributed by atoms with Gasteiger partial charge in [0.15, 0.2) is 5.96 Å². The lowest BCUT2D eigenvalue weighted by Gasteiger charge is -2.27. The molecule has 0 saturated carbocycles. The minimum absolute atomic E-state index is 0.00692. The summed E-state index contributed by atoms with van der Waals surface area (Å²) < 4.78 is 0. The number of H-pyrrole nitrogens is 1. The fourth-order valence-electron chi connectivity index (χ4n) is 1.90. The van der Waals surface area contributed by atoms with Crippen molar-refractivity contribution in [3.63, 3.8) is 0 Å². The number of guanidine groups is 1. The molecule has 6 heteroatoms. The maximum absolute atomic E-state index is 11.8. The first-order valence-electron chi connectivity index (χ1n) is 6.67. The molecule has 1 amide bonds. The van der Waals surface area contributed by atoms with E-state index in [4.69, 9.17) is 0 Å². The topological polar surface area (TPSA) is 72.5 Å². The van der Waals surface area contributed by atoms with Gasteiger partial charge in [-0.3, -0.25) is 9.79 Å². The third-order valence-electron chi connectivity index (χ3n) is 3.17. The Hall–Kier alpha value is -1.98. The lowest BCUT2D eigenvalue weighted by Crippen LogP contribution is -2.47. The monoisotopic (exact) mass is 279 g/mol. The van der Waals surface area contributed by atoms with Gasteiger partial charge in [-0.25, -0.2) is 0 Å². The minimum atomic E-state index is -0.488. The van der Waals surface area contributed by atoms with E-state index in [-0.39, 0.29) is 5.91 Å². The van der Waals surface area contributed by atoms with Crippen molar-refractivity contribution in [3.05, 3.63) is 24.0 Å². The Morgan fingerprint density at radius 3 is 2.70 bits per heavy atom. The average molecular weight is 279 g/mol. The van der Waals surface area contributed by atoms with Crippen molar-refractivity contribution >= 4 is 11.9 Å². The van der Waals surface area contributed by atoms with Crippen LogP contribution < -0.4 is 10.6 Å². The van der Waals surface area contributed by atoms with E-state index >= 15 is 0 Å². The zero-order chi connectivity index (χ0) is 15.2. The summed E-state index contributed by atoms with van der Waals surface area (Å²) >= 11 is 0. The van der Waals surface area contributed by atoms with Crippen molar-refractivity contribution in [2.75, 3.05) is 27.7 Å². The maximum Gasteiger partial charge on any atom is 0.227 e. The summed E-state index contributed by atoms with van der Waals surface area (Å²) in [6.45, 7) is 5.05. The number of rotatable bonds is 5. The summed E-state index contributed by atoms with van der Waals surface area (Å²) in [5.41, 5.74) is 0.624. The van der Waals surface area contributed by atoms with Crippen LogP contribution >= 0.6 is 0 Å². The number of aromatic amines is 1. The molecule has 0 fully saturated rings. The SMILES string of the molecule is CN=C(NCC(C)(C)C(=O)NC)N(C)Cc1ccc[nH]1. The van der Waals surface area contributed by atoms with Gasteiger partial charge in [-0.2, -0.15) is 0 Å². The summed E-state index contributed by atoms with van der Waals surface area (Å²) in [6, 6.07) is 3.99. The highest BCUT2D eigenvalue weighted by molar-refractivity contribution is 5.84. The molecule has 0 aliphatic heterocycles. The highest BCUT2D eigenvalue weighted by atomic mass is 16.2. The van der Waals surface area contributed by atoms with Crippen LogP contribution in [0.3, 0.4) is 0 Å². The van der Waals surface area contributed by atoms with Crippen molar-refractivity contribution in [2.24, 2.45) is 10.4 Å². The van der Waals surface area contributed by atoms with Crippen LogP contribution in [0.25, 0.3) is 0 Å². The average Bonchev–Trinajstić information content (AvgIpc) is 2.91. The van der Waals surface area contributed by atoms with Gasteiger partial charge in [0.25, 0.3) is 0 Å².